The van der Waals surface area contributed by atoms with E-state index in [0.29, 0.717) is 5.52 Å². The molecule has 1 aliphatic rings. The van der Waals surface area contributed by atoms with E-state index >= 15 is 0 Å². The zero-order valence-electron chi connectivity index (χ0n) is 19.5. The van der Waals surface area contributed by atoms with Crippen molar-refractivity contribution in [3.05, 3.63) is 24.2 Å². The lowest BCUT2D eigenvalue weighted by Crippen LogP contribution is -2.41. The molecule has 34 heavy (non-hydrogen) atoms. The maximum Gasteiger partial charge on any atom is 0.306 e. The number of hydrogen-bond donors (Lipinski definition) is 4. The van der Waals surface area contributed by atoms with Crippen LogP contribution in [-0.2, 0) is 24.7 Å². The summed E-state index contributed by atoms with van der Waals surface area (Å²) in [6.45, 7) is 7.01. The standard InChI is InChI=1S/C22H30N6O6/c1-11(2)7-16(29)33-8-14-18(30)19(31)22(9-23,34-14)15-6-5-13-20(25-10-26-28(13)15)27-21(32)17(24)12(3)4/h5-6,10-12,14,17-19,30-31H,7-8,24H2,1-4H3,(H,25,26,27,32)/t14-,17?,18-,19-,22+/m1/s1. The molecule has 2 aromatic rings. The molecule has 0 aliphatic carbocycles. The fourth-order valence-electron chi connectivity index (χ4n) is 3.70. The quantitative estimate of drug-likeness (QED) is 0.382. The van der Waals surface area contributed by atoms with E-state index in [-0.39, 0.29) is 36.4 Å². The molecule has 12 nitrogen and oxygen atoms in total. The summed E-state index contributed by atoms with van der Waals surface area (Å²) in [7, 11) is 0. The Morgan fingerprint density at radius 1 is 1.35 bits per heavy atom. The fraction of sp³-hybridized carbons (Fsp3) is 0.591. The Kier molecular flexibility index (Phi) is 7.52. The summed E-state index contributed by atoms with van der Waals surface area (Å²) in [5.74, 6) is -0.776. The number of esters is 1. The van der Waals surface area contributed by atoms with Gasteiger partial charge in [0.1, 0.15) is 42.8 Å². The zero-order chi connectivity index (χ0) is 25.2. The van der Waals surface area contributed by atoms with Gasteiger partial charge in [0.25, 0.3) is 0 Å². The van der Waals surface area contributed by atoms with Crippen molar-refractivity contribution in [1.29, 1.82) is 5.26 Å². The third-order valence-electron chi connectivity index (χ3n) is 5.70. The van der Waals surface area contributed by atoms with E-state index in [1.165, 1.54) is 16.9 Å². The van der Waals surface area contributed by atoms with Gasteiger partial charge in [-0.15, -0.1) is 0 Å². The van der Waals surface area contributed by atoms with Crippen molar-refractivity contribution in [3.8, 4) is 6.07 Å². The Bertz CT molecular complexity index is 1100. The van der Waals surface area contributed by atoms with Gasteiger partial charge in [0.15, 0.2) is 5.82 Å². The minimum absolute atomic E-state index is 0.0854. The number of carbonyl (C=O) groups is 2. The largest absolute Gasteiger partial charge is 0.463 e. The Hall–Kier alpha value is -3.11. The Morgan fingerprint density at radius 2 is 2.06 bits per heavy atom. The van der Waals surface area contributed by atoms with Gasteiger partial charge in [-0.05, 0) is 24.0 Å². The van der Waals surface area contributed by atoms with Crippen LogP contribution < -0.4 is 11.1 Å². The molecule has 3 heterocycles. The van der Waals surface area contributed by atoms with Gasteiger partial charge < -0.3 is 30.7 Å². The van der Waals surface area contributed by atoms with Crippen LogP contribution in [0.15, 0.2) is 18.5 Å². The number of nitriles is 1. The average molecular weight is 475 g/mol. The second kappa shape index (κ2) is 10.0. The van der Waals surface area contributed by atoms with Crippen molar-refractivity contribution in [1.82, 2.24) is 14.6 Å². The van der Waals surface area contributed by atoms with E-state index in [4.69, 9.17) is 15.2 Å². The molecule has 1 amide bonds. The Labute approximate surface area is 196 Å². The molecule has 0 saturated carbocycles. The van der Waals surface area contributed by atoms with Gasteiger partial charge in [-0.1, -0.05) is 27.7 Å². The summed E-state index contributed by atoms with van der Waals surface area (Å²) < 4.78 is 12.2. The van der Waals surface area contributed by atoms with Crippen molar-refractivity contribution >= 4 is 23.2 Å². The predicted octanol–water partition coefficient (Wildman–Crippen LogP) is 0.0799. The first-order valence-corrected chi connectivity index (χ1v) is 11.0. The lowest BCUT2D eigenvalue weighted by Gasteiger charge is -2.24. The van der Waals surface area contributed by atoms with Crippen molar-refractivity contribution in [2.75, 3.05) is 11.9 Å². The zero-order valence-corrected chi connectivity index (χ0v) is 19.5. The van der Waals surface area contributed by atoms with Gasteiger partial charge in [0.05, 0.1) is 11.7 Å². The SMILES string of the molecule is CC(C)CC(=O)OC[C@H]1O[C@@](C#N)(c2ccc3c(NC(=O)C(N)C(C)C)ncnn23)[C@H](O)[C@@H]1O. The highest BCUT2D eigenvalue weighted by Crippen LogP contribution is 2.40. The number of nitrogens with one attached hydrogen (secondary N) is 1. The van der Waals surface area contributed by atoms with Crippen LogP contribution in [0.5, 0.6) is 0 Å². The van der Waals surface area contributed by atoms with Crippen molar-refractivity contribution in [2.45, 2.75) is 64.1 Å². The van der Waals surface area contributed by atoms with E-state index in [9.17, 15) is 25.1 Å². The number of ether oxygens (including phenoxy) is 2. The first-order chi connectivity index (χ1) is 16.0. The van der Waals surface area contributed by atoms with Crippen LogP contribution in [0.1, 0.15) is 39.8 Å². The maximum absolute atomic E-state index is 12.4. The number of anilines is 1. The summed E-state index contributed by atoms with van der Waals surface area (Å²) >= 11 is 0. The summed E-state index contributed by atoms with van der Waals surface area (Å²) in [5.41, 5.74) is 4.33. The number of carbonyl (C=O) groups excluding carboxylic acids is 2. The van der Waals surface area contributed by atoms with Crippen molar-refractivity contribution < 1.29 is 29.3 Å². The minimum Gasteiger partial charge on any atom is -0.463 e. The first-order valence-electron chi connectivity index (χ1n) is 11.0. The topological polar surface area (TPSA) is 185 Å². The molecule has 0 radical (unpaired) electrons. The molecule has 5 N–H and O–H groups in total. The minimum atomic E-state index is -2.01. The molecule has 0 spiro atoms. The number of nitrogens with two attached hydrogens (primary N) is 1. The van der Waals surface area contributed by atoms with Crippen molar-refractivity contribution in [2.24, 2.45) is 17.6 Å². The second-order valence-corrected chi connectivity index (χ2v) is 9.10. The molecule has 1 aliphatic heterocycles. The Balaban J connectivity index is 1.89. The monoisotopic (exact) mass is 474 g/mol. The summed E-state index contributed by atoms with van der Waals surface area (Å²) in [6, 6.07) is 4.20. The highest BCUT2D eigenvalue weighted by atomic mass is 16.6. The molecular weight excluding hydrogens is 444 g/mol. The number of hydrogen-bond acceptors (Lipinski definition) is 10. The van der Waals surface area contributed by atoms with Gasteiger partial charge in [0, 0.05) is 6.42 Å². The summed E-state index contributed by atoms with van der Waals surface area (Å²) in [6.07, 6.45) is -2.94. The number of aliphatic hydroxyl groups excluding tert-OH is 2. The Morgan fingerprint density at radius 3 is 2.68 bits per heavy atom. The molecule has 0 bridgehead atoms. The smallest absolute Gasteiger partial charge is 0.306 e. The fourth-order valence-corrected chi connectivity index (χ4v) is 3.70. The second-order valence-electron chi connectivity index (χ2n) is 9.10. The van der Waals surface area contributed by atoms with Gasteiger partial charge in [0.2, 0.25) is 11.5 Å². The molecule has 1 saturated heterocycles. The third-order valence-corrected chi connectivity index (χ3v) is 5.70. The summed E-state index contributed by atoms with van der Waals surface area (Å²) in [4.78, 5) is 28.4. The van der Waals surface area contributed by atoms with E-state index in [2.05, 4.69) is 15.4 Å². The van der Waals surface area contributed by atoms with Crippen LogP contribution in [-0.4, -0.2) is 67.6 Å². The van der Waals surface area contributed by atoms with Crippen molar-refractivity contribution in [3.63, 3.8) is 0 Å². The van der Waals surface area contributed by atoms with Crippen LogP contribution in [0.4, 0.5) is 5.82 Å². The molecule has 12 heteroatoms. The van der Waals surface area contributed by atoms with Gasteiger partial charge in [-0.2, -0.15) is 10.4 Å². The number of aliphatic hydroxyl groups is 2. The lowest BCUT2D eigenvalue weighted by atomic mass is 9.92. The predicted molar refractivity (Wildman–Crippen MR) is 119 cm³/mol. The van der Waals surface area contributed by atoms with Crippen LogP contribution in [0.3, 0.4) is 0 Å². The first kappa shape index (κ1) is 25.5. The normalized spacial score (nSPS) is 25.5. The van der Waals surface area contributed by atoms with Crippen LogP contribution >= 0.6 is 0 Å². The highest BCUT2D eigenvalue weighted by Gasteiger charge is 2.57. The number of fused-ring (bicyclic) bond motifs is 1. The molecule has 184 valence electrons. The molecule has 0 aromatic carbocycles. The molecular formula is C22H30N6O6. The van der Waals surface area contributed by atoms with E-state index in [0.717, 1.165) is 0 Å². The molecule has 3 rings (SSSR count). The summed E-state index contributed by atoms with van der Waals surface area (Å²) in [5, 5.41) is 38.1. The lowest BCUT2D eigenvalue weighted by molar-refractivity contribution is -0.151. The number of rotatable bonds is 8. The number of nitrogens with zero attached hydrogens (tertiary/aromatic N) is 4. The maximum atomic E-state index is 12.4. The van der Waals surface area contributed by atoms with Gasteiger partial charge in [-0.3, -0.25) is 9.59 Å². The third kappa shape index (κ3) is 4.74. The average Bonchev–Trinajstić information content (AvgIpc) is 3.32. The van der Waals surface area contributed by atoms with E-state index in [1.54, 1.807) is 6.07 Å². The van der Waals surface area contributed by atoms with Crippen LogP contribution in [0.25, 0.3) is 5.52 Å². The van der Waals surface area contributed by atoms with Gasteiger partial charge >= 0.3 is 5.97 Å². The van der Waals surface area contributed by atoms with Gasteiger partial charge in [-0.25, -0.2) is 9.50 Å². The van der Waals surface area contributed by atoms with E-state index in [1.807, 2.05) is 33.8 Å². The number of aromatic nitrogens is 3. The van der Waals surface area contributed by atoms with E-state index < -0.39 is 41.8 Å². The molecule has 2 aromatic heterocycles. The molecule has 1 unspecified atom stereocenters. The van der Waals surface area contributed by atoms with Crippen LogP contribution in [0, 0.1) is 23.2 Å². The molecule has 5 atom stereocenters. The molecule has 1 fully saturated rings. The van der Waals surface area contributed by atoms with Crippen LogP contribution in [0.2, 0.25) is 0 Å². The highest BCUT2D eigenvalue weighted by molar-refractivity contribution is 5.97. The number of amides is 1.